The molecule has 0 unspecified atom stereocenters. The van der Waals surface area contributed by atoms with Gasteiger partial charge in [-0.15, -0.1) is 0 Å². The zero-order chi connectivity index (χ0) is 5.54. The van der Waals surface area contributed by atoms with Crippen molar-refractivity contribution in [3.8, 4) is 0 Å². The molecule has 0 rings (SSSR count). The van der Waals surface area contributed by atoms with Crippen LogP contribution >= 0.6 is 0 Å². The molecule has 0 saturated carbocycles. The minimum atomic E-state index is 0. The molecule has 0 aliphatic heterocycles. The van der Waals surface area contributed by atoms with Gasteiger partial charge in [0.1, 0.15) is 12.6 Å². The van der Waals surface area contributed by atoms with Gasteiger partial charge in [-0.1, -0.05) is 0 Å². The number of aldehydes is 2. The number of carbonyl (C=O) groups excluding carboxylic acids is 2. The van der Waals surface area contributed by atoms with Crippen LogP contribution in [0.15, 0.2) is 0 Å². The van der Waals surface area contributed by atoms with Crippen molar-refractivity contribution < 1.29 is 29.4 Å². The first-order valence-electron chi connectivity index (χ1n) is 2.29. The molecule has 0 saturated heterocycles. The second-order valence-electron chi connectivity index (χ2n) is 1.26. The third kappa shape index (κ3) is 9.36. The maximum Gasteiger partial charge on any atom is 2.00 e. The molecular weight excluding hydrogens is 282 g/mol. The normalized spacial score (nSPS) is 7.00. The average molecular weight is 290 g/mol. The fraction of sp³-hybridized carbons (Fsp3) is 0.600. The predicted octanol–water partition coefficient (Wildman–Crippen LogP) is 0.552. The van der Waals surface area contributed by atoms with E-state index in [4.69, 9.17) is 0 Å². The zero-order valence-electron chi connectivity index (χ0n) is 4.45. The van der Waals surface area contributed by atoms with Crippen molar-refractivity contribution in [2.24, 2.45) is 0 Å². The summed E-state index contributed by atoms with van der Waals surface area (Å²) in [6.45, 7) is 0. The summed E-state index contributed by atoms with van der Waals surface area (Å²) in [5.74, 6) is 0. The van der Waals surface area contributed by atoms with Crippen molar-refractivity contribution in [1.82, 2.24) is 0 Å². The topological polar surface area (TPSA) is 34.1 Å². The van der Waals surface area contributed by atoms with Crippen LogP contribution in [0.5, 0.6) is 0 Å². The van der Waals surface area contributed by atoms with Gasteiger partial charge in [0.05, 0.1) is 0 Å². The molecular formula is C5H8O2Os+2. The smallest absolute Gasteiger partial charge is 0.303 e. The zero-order valence-corrected chi connectivity index (χ0v) is 6.99. The molecule has 0 amide bonds. The fourth-order valence-electron chi connectivity index (χ4n) is 0.285. The van der Waals surface area contributed by atoms with E-state index in [1.165, 1.54) is 0 Å². The van der Waals surface area contributed by atoms with Crippen LogP contribution in [0.4, 0.5) is 0 Å². The molecule has 0 aromatic rings. The molecule has 0 aliphatic carbocycles. The molecule has 0 fully saturated rings. The van der Waals surface area contributed by atoms with Gasteiger partial charge in [-0.3, -0.25) is 0 Å². The third-order valence-electron chi connectivity index (χ3n) is 0.644. The molecule has 3 heteroatoms. The van der Waals surface area contributed by atoms with Gasteiger partial charge in [-0.05, 0) is 6.42 Å². The summed E-state index contributed by atoms with van der Waals surface area (Å²) in [5.41, 5.74) is 0. The number of unbranched alkanes of at least 4 members (excludes halogenated alkanes) is 2. The Balaban J connectivity index is 0. The first kappa shape index (κ1) is 10.9. The van der Waals surface area contributed by atoms with Crippen LogP contribution in [0.1, 0.15) is 19.3 Å². The second-order valence-corrected chi connectivity index (χ2v) is 1.26. The van der Waals surface area contributed by atoms with E-state index in [1.54, 1.807) is 0 Å². The molecule has 46 valence electrons. The quantitative estimate of drug-likeness (QED) is 0.560. The summed E-state index contributed by atoms with van der Waals surface area (Å²) in [5, 5.41) is 0. The van der Waals surface area contributed by atoms with Crippen LogP contribution in [0.2, 0.25) is 0 Å². The van der Waals surface area contributed by atoms with Crippen LogP contribution in [0.25, 0.3) is 0 Å². The molecule has 0 spiro atoms. The maximum absolute atomic E-state index is 9.56. The standard InChI is InChI=1S/C5H8O2.Os/c6-4-2-1-3-5-7;/h4-5H,1-3H2;/q;+2. The molecule has 2 nitrogen and oxygen atoms in total. The summed E-state index contributed by atoms with van der Waals surface area (Å²) in [6, 6.07) is 0. The van der Waals surface area contributed by atoms with E-state index in [2.05, 4.69) is 0 Å². The second kappa shape index (κ2) is 10.1. The van der Waals surface area contributed by atoms with E-state index in [0.29, 0.717) is 19.3 Å². The molecule has 0 aliphatic rings. The van der Waals surface area contributed by atoms with Crippen LogP contribution in [0, 0.1) is 0 Å². The van der Waals surface area contributed by atoms with Gasteiger partial charge < -0.3 is 9.59 Å². The van der Waals surface area contributed by atoms with Gasteiger partial charge >= 0.3 is 19.8 Å². The molecule has 0 bridgehead atoms. The van der Waals surface area contributed by atoms with E-state index in [9.17, 15) is 9.59 Å². The SMILES string of the molecule is O=CCCCC=O.[Os+2]. The molecule has 0 N–H and O–H groups in total. The summed E-state index contributed by atoms with van der Waals surface area (Å²) < 4.78 is 0. The van der Waals surface area contributed by atoms with Crippen molar-refractivity contribution in [3.63, 3.8) is 0 Å². The Labute approximate surface area is 61.7 Å². The van der Waals surface area contributed by atoms with Crippen molar-refractivity contribution in [2.45, 2.75) is 19.3 Å². The molecule has 8 heavy (non-hydrogen) atoms. The molecule has 0 aromatic carbocycles. The van der Waals surface area contributed by atoms with Gasteiger partial charge in [0.15, 0.2) is 0 Å². The average Bonchev–Trinajstić information content (AvgIpc) is 1.69. The van der Waals surface area contributed by atoms with Crippen molar-refractivity contribution in [3.05, 3.63) is 0 Å². The number of hydrogen-bond donors (Lipinski definition) is 0. The van der Waals surface area contributed by atoms with Crippen LogP contribution in [-0.4, -0.2) is 12.6 Å². The van der Waals surface area contributed by atoms with E-state index >= 15 is 0 Å². The summed E-state index contributed by atoms with van der Waals surface area (Å²) >= 11 is 0. The Morgan fingerprint density at radius 2 is 1.38 bits per heavy atom. The van der Waals surface area contributed by atoms with Crippen LogP contribution < -0.4 is 0 Å². The van der Waals surface area contributed by atoms with Crippen LogP contribution in [0.3, 0.4) is 0 Å². The van der Waals surface area contributed by atoms with Crippen molar-refractivity contribution in [2.75, 3.05) is 0 Å². The first-order valence-corrected chi connectivity index (χ1v) is 2.29. The molecule has 0 radical (unpaired) electrons. The maximum atomic E-state index is 9.56. The Bertz CT molecular complexity index is 55.4. The van der Waals surface area contributed by atoms with Gasteiger partial charge in [-0.25, -0.2) is 0 Å². The van der Waals surface area contributed by atoms with E-state index in [0.717, 1.165) is 12.6 Å². The molecule has 0 atom stereocenters. The van der Waals surface area contributed by atoms with E-state index in [1.807, 2.05) is 0 Å². The summed E-state index contributed by atoms with van der Waals surface area (Å²) in [7, 11) is 0. The largest absolute Gasteiger partial charge is 2.00 e. The first-order chi connectivity index (χ1) is 3.41. The summed E-state index contributed by atoms with van der Waals surface area (Å²) in [4.78, 5) is 19.1. The van der Waals surface area contributed by atoms with Gasteiger partial charge in [0.25, 0.3) is 0 Å². The van der Waals surface area contributed by atoms with E-state index in [-0.39, 0.29) is 19.8 Å². The summed E-state index contributed by atoms with van der Waals surface area (Å²) in [6.07, 6.45) is 3.37. The Morgan fingerprint density at radius 1 is 1.00 bits per heavy atom. The van der Waals surface area contributed by atoms with Crippen molar-refractivity contribution >= 4 is 12.6 Å². The predicted molar refractivity (Wildman–Crippen MR) is 26.0 cm³/mol. The number of hydrogen-bond acceptors (Lipinski definition) is 2. The minimum Gasteiger partial charge on any atom is -0.303 e. The Hall–Kier alpha value is -0.0236. The minimum absolute atomic E-state index is 0. The van der Waals surface area contributed by atoms with Gasteiger partial charge in [0, 0.05) is 12.8 Å². The fourth-order valence-corrected chi connectivity index (χ4v) is 0.285. The number of carbonyl (C=O) groups is 2. The molecule has 0 aromatic heterocycles. The number of rotatable bonds is 4. The van der Waals surface area contributed by atoms with Crippen LogP contribution in [-0.2, 0) is 29.4 Å². The van der Waals surface area contributed by atoms with Gasteiger partial charge in [0.2, 0.25) is 0 Å². The van der Waals surface area contributed by atoms with Gasteiger partial charge in [-0.2, -0.15) is 0 Å². The monoisotopic (exact) mass is 292 g/mol. The third-order valence-corrected chi connectivity index (χ3v) is 0.644. The Kier molecular flexibility index (Phi) is 13.7. The molecule has 0 heterocycles. The Morgan fingerprint density at radius 3 is 1.62 bits per heavy atom. The van der Waals surface area contributed by atoms with E-state index < -0.39 is 0 Å². The van der Waals surface area contributed by atoms with Crippen molar-refractivity contribution in [1.29, 1.82) is 0 Å².